The first-order valence-electron chi connectivity index (χ1n) is 18.7. The van der Waals surface area contributed by atoms with Gasteiger partial charge in [-0.15, -0.1) is 5.73 Å². The van der Waals surface area contributed by atoms with Gasteiger partial charge in [0.15, 0.2) is 5.78 Å². The van der Waals surface area contributed by atoms with E-state index in [4.69, 9.17) is 10.00 Å². The molecule has 0 spiro atoms. The molecular weight excluding hydrogens is 618 g/mol. The van der Waals surface area contributed by atoms with Crippen LogP contribution in [0, 0.1) is 30.0 Å². The third-order valence-electron chi connectivity index (χ3n) is 8.81. The summed E-state index contributed by atoms with van der Waals surface area (Å²) >= 11 is 0. The minimum Gasteiger partial charge on any atom is -0.489 e. The standard InChI is InChI=1S/C32H36FNO2.C12H20.C2H6/c1-6-8-9-10-11-12-13-32(35)30(18-25(5)23(3)7-2)29-20-28(17-14-24(29)4)36-22-26-15-16-27(21-34)31(33)19-26;1-2-3-6-9-12-10-7-4-5-8-11-12;1-2/h14-20H,2,5-6,8-13,22H2,1,3-4H3;2-5,12H,6-11H2,1H3;1-2H3/b30-18+;3-2-;. The Balaban J connectivity index is 0.000000745. The number of hydrogen-bond acceptors (Lipinski definition) is 3. The van der Waals surface area contributed by atoms with Crippen LogP contribution in [0.3, 0.4) is 0 Å². The maximum Gasteiger partial charge on any atom is 0.163 e. The van der Waals surface area contributed by atoms with Gasteiger partial charge in [0.1, 0.15) is 24.2 Å². The number of Topliss-reactive ketones (excluding diaryl/α,β-unsaturated/α-hetero) is 1. The van der Waals surface area contributed by atoms with E-state index < -0.39 is 5.82 Å². The lowest BCUT2D eigenvalue weighted by Gasteiger charge is -2.14. The Morgan fingerprint density at radius 2 is 1.72 bits per heavy atom. The molecule has 0 saturated carbocycles. The first-order chi connectivity index (χ1) is 24.2. The summed E-state index contributed by atoms with van der Waals surface area (Å²) in [4.78, 5) is 13.4. The highest BCUT2D eigenvalue weighted by Crippen LogP contribution is 2.29. The molecule has 3 nitrogen and oxygen atoms in total. The van der Waals surface area contributed by atoms with Crippen molar-refractivity contribution in [2.45, 2.75) is 132 Å². The molecule has 0 aliphatic heterocycles. The Kier molecular flexibility index (Phi) is 23.4. The molecule has 0 fully saturated rings. The van der Waals surface area contributed by atoms with E-state index in [0.29, 0.717) is 28.9 Å². The van der Waals surface area contributed by atoms with E-state index >= 15 is 0 Å². The van der Waals surface area contributed by atoms with Crippen LogP contribution in [0.25, 0.3) is 5.57 Å². The summed E-state index contributed by atoms with van der Waals surface area (Å²) in [6.07, 6.45) is 26.2. The number of unbranched alkanes of at least 4 members (excludes halogenated alkanes) is 5. The van der Waals surface area contributed by atoms with Gasteiger partial charge in [-0.1, -0.05) is 102 Å². The summed E-state index contributed by atoms with van der Waals surface area (Å²) in [5.74, 6) is 1.05. The summed E-state index contributed by atoms with van der Waals surface area (Å²) in [5.41, 5.74) is 7.26. The van der Waals surface area contributed by atoms with Crippen molar-refractivity contribution in [3.63, 3.8) is 0 Å². The van der Waals surface area contributed by atoms with Gasteiger partial charge in [0, 0.05) is 12.0 Å². The van der Waals surface area contributed by atoms with Crippen molar-refractivity contribution in [1.29, 1.82) is 5.26 Å². The molecule has 0 saturated heterocycles. The Bertz CT molecular complexity index is 1500. The Morgan fingerprint density at radius 3 is 2.34 bits per heavy atom. The molecule has 1 aliphatic carbocycles. The van der Waals surface area contributed by atoms with Crippen LogP contribution < -0.4 is 4.74 Å². The maximum atomic E-state index is 13.9. The summed E-state index contributed by atoms with van der Waals surface area (Å²) < 4.78 is 19.9. The molecule has 4 heteroatoms. The van der Waals surface area contributed by atoms with Crippen LogP contribution >= 0.6 is 0 Å². The van der Waals surface area contributed by atoms with Crippen LogP contribution in [0.15, 0.2) is 96.8 Å². The van der Waals surface area contributed by atoms with Crippen molar-refractivity contribution < 1.29 is 13.9 Å². The van der Waals surface area contributed by atoms with Crippen LogP contribution in [0.1, 0.15) is 140 Å². The molecule has 2 aromatic rings. The predicted molar refractivity (Wildman–Crippen MR) is 212 cm³/mol. The molecule has 0 N–H and O–H groups in total. The zero-order chi connectivity index (χ0) is 37.1. The van der Waals surface area contributed by atoms with E-state index in [9.17, 15) is 9.18 Å². The van der Waals surface area contributed by atoms with Crippen LogP contribution in [0.4, 0.5) is 4.39 Å². The zero-order valence-electron chi connectivity index (χ0n) is 31.9. The predicted octanol–water partition coefficient (Wildman–Crippen LogP) is 13.7. The van der Waals surface area contributed by atoms with Crippen LogP contribution in [0.2, 0.25) is 0 Å². The number of ether oxygens (including phenoxy) is 1. The van der Waals surface area contributed by atoms with Gasteiger partial charge in [-0.05, 0) is 130 Å². The van der Waals surface area contributed by atoms with Gasteiger partial charge in [-0.2, -0.15) is 5.26 Å². The van der Waals surface area contributed by atoms with Gasteiger partial charge in [0.2, 0.25) is 0 Å². The first-order valence-corrected chi connectivity index (χ1v) is 18.7. The molecule has 1 aliphatic rings. The number of rotatable bonds is 17. The van der Waals surface area contributed by atoms with Gasteiger partial charge in [-0.3, -0.25) is 4.79 Å². The lowest BCUT2D eigenvalue weighted by Crippen LogP contribution is -2.05. The molecule has 0 unspecified atom stereocenters. The summed E-state index contributed by atoms with van der Waals surface area (Å²) in [6.45, 7) is 20.0. The number of aryl methyl sites for hydroxylation is 1. The monoisotopic (exact) mass is 679 g/mol. The molecular formula is C46H62FNO2. The second kappa shape index (κ2) is 26.6. The number of carbonyl (C=O) groups is 1. The number of ketones is 1. The van der Waals surface area contributed by atoms with E-state index in [1.807, 2.05) is 58.0 Å². The van der Waals surface area contributed by atoms with Crippen molar-refractivity contribution >= 4 is 11.4 Å². The van der Waals surface area contributed by atoms with E-state index in [0.717, 1.165) is 41.9 Å². The van der Waals surface area contributed by atoms with Crippen molar-refractivity contribution in [3.05, 3.63) is 125 Å². The van der Waals surface area contributed by atoms with E-state index in [2.05, 4.69) is 57.0 Å². The SMILES string of the molecule is C/C=C\CCC1CCC=CCC1.C=C=C(C)C(=C)/C=C(/C(=O)CCCCCCCC)c1cc(OCc2ccc(C#N)c(F)c2)ccc1C.CC. The summed E-state index contributed by atoms with van der Waals surface area (Å²) in [7, 11) is 0. The lowest BCUT2D eigenvalue weighted by molar-refractivity contribution is -0.113. The molecule has 270 valence electrons. The van der Waals surface area contributed by atoms with Gasteiger partial charge in [-0.25, -0.2) is 4.39 Å². The highest BCUT2D eigenvalue weighted by atomic mass is 19.1. The van der Waals surface area contributed by atoms with E-state index in [-0.39, 0.29) is 18.0 Å². The molecule has 3 rings (SSSR count). The minimum absolute atomic E-state index is 0.000811. The zero-order valence-corrected chi connectivity index (χ0v) is 31.9. The van der Waals surface area contributed by atoms with Crippen molar-refractivity contribution in [2.75, 3.05) is 0 Å². The number of allylic oxidation sites excluding steroid dienone is 8. The molecule has 0 aromatic heterocycles. The molecule has 0 amide bonds. The van der Waals surface area contributed by atoms with Gasteiger partial charge >= 0.3 is 0 Å². The lowest BCUT2D eigenvalue weighted by atomic mass is 9.91. The third-order valence-corrected chi connectivity index (χ3v) is 8.81. The fourth-order valence-corrected chi connectivity index (χ4v) is 5.62. The van der Waals surface area contributed by atoms with Crippen LogP contribution in [0.5, 0.6) is 5.75 Å². The highest BCUT2D eigenvalue weighted by molar-refractivity contribution is 6.21. The molecule has 50 heavy (non-hydrogen) atoms. The normalized spacial score (nSPS) is 12.8. The minimum atomic E-state index is -0.571. The van der Waals surface area contributed by atoms with Gasteiger partial charge in [0.05, 0.1) is 5.56 Å². The molecule has 0 bridgehead atoms. The van der Waals surface area contributed by atoms with Crippen molar-refractivity contribution in [1.82, 2.24) is 0 Å². The number of benzene rings is 2. The number of nitriles is 1. The molecule has 0 radical (unpaired) electrons. The largest absolute Gasteiger partial charge is 0.489 e. The topological polar surface area (TPSA) is 50.1 Å². The average Bonchev–Trinajstić information content (AvgIpc) is 3.41. The fourth-order valence-electron chi connectivity index (χ4n) is 5.62. The smallest absolute Gasteiger partial charge is 0.163 e. The van der Waals surface area contributed by atoms with E-state index in [1.165, 1.54) is 69.9 Å². The quantitative estimate of drug-likeness (QED) is 0.0550. The number of hydrogen-bond donors (Lipinski definition) is 0. The van der Waals surface area contributed by atoms with Crippen LogP contribution in [-0.4, -0.2) is 5.78 Å². The molecule has 0 atom stereocenters. The van der Waals surface area contributed by atoms with Gasteiger partial charge < -0.3 is 4.74 Å². The van der Waals surface area contributed by atoms with E-state index in [1.54, 1.807) is 6.07 Å². The molecule has 0 heterocycles. The average molecular weight is 680 g/mol. The maximum absolute atomic E-state index is 13.9. The first kappa shape index (κ1) is 43.8. The summed E-state index contributed by atoms with van der Waals surface area (Å²) in [5, 5.41) is 8.92. The Labute approximate surface area is 304 Å². The third kappa shape index (κ3) is 17.0. The van der Waals surface area contributed by atoms with Gasteiger partial charge in [0.25, 0.3) is 0 Å². The fraction of sp³-hybridized carbons (Fsp3) is 0.457. The second-order valence-electron chi connectivity index (χ2n) is 12.7. The molecule has 2 aromatic carbocycles. The Hall–Kier alpha value is -4.19. The number of carbonyl (C=O) groups excluding carboxylic acids is 1. The van der Waals surface area contributed by atoms with Crippen molar-refractivity contribution in [2.24, 2.45) is 5.92 Å². The Morgan fingerprint density at radius 1 is 1.04 bits per heavy atom. The summed E-state index contributed by atoms with van der Waals surface area (Å²) in [6, 6.07) is 11.8. The highest BCUT2D eigenvalue weighted by Gasteiger charge is 2.16. The number of halogens is 1. The van der Waals surface area contributed by atoms with Crippen molar-refractivity contribution in [3.8, 4) is 11.8 Å². The number of nitrogens with zero attached hydrogens (tertiary/aromatic N) is 1. The van der Waals surface area contributed by atoms with Crippen LogP contribution in [-0.2, 0) is 11.4 Å². The second-order valence-corrected chi connectivity index (χ2v) is 12.7.